The van der Waals surface area contributed by atoms with E-state index in [1.807, 2.05) is 12.1 Å². The van der Waals surface area contributed by atoms with E-state index in [4.69, 9.17) is 5.11 Å². The van der Waals surface area contributed by atoms with Gasteiger partial charge in [-0.1, -0.05) is 24.3 Å². The number of anilines is 1. The Hall–Kier alpha value is -2.35. The maximum Gasteiger partial charge on any atom is 0.356 e. The van der Waals surface area contributed by atoms with Gasteiger partial charge in [0.1, 0.15) is 5.69 Å². The molecule has 0 saturated heterocycles. The second kappa shape index (κ2) is 6.27. The number of nitrogens with one attached hydrogen (secondary N) is 1. The first kappa shape index (κ1) is 16.5. The molecule has 24 heavy (non-hydrogen) atoms. The Morgan fingerprint density at radius 3 is 2.54 bits per heavy atom. The summed E-state index contributed by atoms with van der Waals surface area (Å²) in [7, 11) is -2.16. The summed E-state index contributed by atoms with van der Waals surface area (Å²) in [6.45, 7) is 0. The highest BCUT2D eigenvalue weighted by molar-refractivity contribution is 7.92. The lowest BCUT2D eigenvalue weighted by atomic mass is 10.0. The predicted octanol–water partition coefficient (Wildman–Crippen LogP) is 1.67. The summed E-state index contributed by atoms with van der Waals surface area (Å²) < 4.78 is 28.0. The van der Waals surface area contributed by atoms with Crippen molar-refractivity contribution in [3.8, 4) is 0 Å². The fourth-order valence-electron chi connectivity index (χ4n) is 3.16. The van der Waals surface area contributed by atoms with Crippen molar-refractivity contribution < 1.29 is 18.3 Å². The number of rotatable bonds is 6. The molecule has 0 fully saturated rings. The highest BCUT2D eigenvalue weighted by atomic mass is 32.2. The lowest BCUT2D eigenvalue weighted by Crippen LogP contribution is -2.20. The Morgan fingerprint density at radius 2 is 1.96 bits per heavy atom. The first-order chi connectivity index (χ1) is 11.4. The standard InChI is InChI=1S/C16H19N3O4S/c1-19-15(16(20)21)14(10-17-19)18-24(22,23)7-6-11-8-12-4-2-3-5-13(12)9-11/h2-5,10-11,18H,6-9H2,1H3,(H,20,21). The Balaban J connectivity index is 1.63. The van der Waals surface area contributed by atoms with Crippen LogP contribution < -0.4 is 4.72 Å². The van der Waals surface area contributed by atoms with E-state index in [1.54, 1.807) is 0 Å². The maximum absolute atomic E-state index is 12.3. The number of hydrogen-bond acceptors (Lipinski definition) is 4. The van der Waals surface area contributed by atoms with Gasteiger partial charge in [-0.05, 0) is 36.3 Å². The van der Waals surface area contributed by atoms with Gasteiger partial charge in [-0.3, -0.25) is 9.40 Å². The van der Waals surface area contributed by atoms with Gasteiger partial charge in [0.2, 0.25) is 10.0 Å². The summed E-state index contributed by atoms with van der Waals surface area (Å²) in [4.78, 5) is 11.2. The van der Waals surface area contributed by atoms with Crippen LogP contribution in [0, 0.1) is 5.92 Å². The molecule has 0 aliphatic heterocycles. The average molecular weight is 349 g/mol. The zero-order chi connectivity index (χ0) is 17.3. The SMILES string of the molecule is Cn1ncc(NS(=O)(=O)CCC2Cc3ccccc3C2)c1C(=O)O. The molecule has 8 heteroatoms. The Bertz CT molecular complexity index is 848. The quantitative estimate of drug-likeness (QED) is 0.826. The van der Waals surface area contributed by atoms with Gasteiger partial charge in [0.05, 0.1) is 11.9 Å². The molecule has 0 atom stereocenters. The third-order valence-corrected chi connectivity index (χ3v) is 5.64. The van der Waals surface area contributed by atoms with E-state index in [0.717, 1.165) is 17.5 Å². The number of carbonyl (C=O) groups is 1. The molecule has 128 valence electrons. The molecule has 1 aliphatic carbocycles. The molecule has 7 nitrogen and oxygen atoms in total. The van der Waals surface area contributed by atoms with Crippen molar-refractivity contribution in [2.45, 2.75) is 19.3 Å². The largest absolute Gasteiger partial charge is 0.476 e. The minimum absolute atomic E-state index is 0.000270. The molecule has 0 spiro atoms. The molecular formula is C16H19N3O4S. The zero-order valence-electron chi connectivity index (χ0n) is 13.3. The fraction of sp³-hybridized carbons (Fsp3) is 0.375. The van der Waals surface area contributed by atoms with Gasteiger partial charge < -0.3 is 5.11 Å². The number of aromatic carboxylic acids is 1. The zero-order valence-corrected chi connectivity index (χ0v) is 14.1. The van der Waals surface area contributed by atoms with Crippen LogP contribution in [0.15, 0.2) is 30.5 Å². The van der Waals surface area contributed by atoms with Crippen molar-refractivity contribution in [1.82, 2.24) is 9.78 Å². The number of nitrogens with zero attached hydrogens (tertiary/aromatic N) is 2. The molecule has 0 bridgehead atoms. The van der Waals surface area contributed by atoms with Crippen molar-refractivity contribution in [2.75, 3.05) is 10.5 Å². The molecule has 1 aliphatic rings. The maximum atomic E-state index is 12.3. The van der Waals surface area contributed by atoms with Gasteiger partial charge in [0.25, 0.3) is 0 Å². The summed E-state index contributed by atoms with van der Waals surface area (Å²) in [5.74, 6) is -0.967. The molecule has 1 heterocycles. The van der Waals surface area contributed by atoms with E-state index >= 15 is 0 Å². The molecular weight excluding hydrogens is 330 g/mol. The van der Waals surface area contributed by atoms with Crippen LogP contribution in [0.3, 0.4) is 0 Å². The second-order valence-corrected chi connectivity index (χ2v) is 7.93. The van der Waals surface area contributed by atoms with E-state index in [2.05, 4.69) is 22.0 Å². The van der Waals surface area contributed by atoms with Crippen molar-refractivity contribution >= 4 is 21.7 Å². The van der Waals surface area contributed by atoms with E-state index in [9.17, 15) is 13.2 Å². The van der Waals surface area contributed by atoms with Crippen LogP contribution in [0.2, 0.25) is 0 Å². The summed E-state index contributed by atoms with van der Waals surface area (Å²) in [5.41, 5.74) is 2.40. The van der Waals surface area contributed by atoms with Crippen molar-refractivity contribution in [3.05, 3.63) is 47.3 Å². The summed E-state index contributed by atoms with van der Waals surface area (Å²) in [6.07, 6.45) is 3.52. The third kappa shape index (κ3) is 3.43. The number of aromatic nitrogens is 2. The predicted molar refractivity (Wildman–Crippen MR) is 89.5 cm³/mol. The highest BCUT2D eigenvalue weighted by Gasteiger charge is 2.25. The van der Waals surface area contributed by atoms with E-state index < -0.39 is 16.0 Å². The van der Waals surface area contributed by atoms with Crippen LogP contribution in [-0.2, 0) is 29.9 Å². The monoisotopic (exact) mass is 349 g/mol. The Labute approximate surface area is 140 Å². The molecule has 0 radical (unpaired) electrons. The minimum atomic E-state index is -3.62. The lowest BCUT2D eigenvalue weighted by molar-refractivity contribution is 0.0686. The van der Waals surface area contributed by atoms with Crippen LogP contribution in [0.5, 0.6) is 0 Å². The summed E-state index contributed by atoms with van der Waals surface area (Å²) in [6, 6.07) is 8.15. The number of hydrogen-bond donors (Lipinski definition) is 2. The smallest absolute Gasteiger partial charge is 0.356 e. The molecule has 0 amide bonds. The molecule has 2 N–H and O–H groups in total. The summed E-state index contributed by atoms with van der Waals surface area (Å²) >= 11 is 0. The molecule has 1 aromatic heterocycles. The van der Waals surface area contributed by atoms with Gasteiger partial charge in [-0.15, -0.1) is 0 Å². The number of fused-ring (bicyclic) bond motifs is 1. The highest BCUT2D eigenvalue weighted by Crippen LogP contribution is 2.29. The molecule has 2 aromatic rings. The van der Waals surface area contributed by atoms with Gasteiger partial charge in [0, 0.05) is 7.05 Å². The fourth-order valence-corrected chi connectivity index (χ4v) is 4.39. The number of carboxylic acid groups (broad SMARTS) is 1. The third-order valence-electron chi connectivity index (χ3n) is 4.34. The topological polar surface area (TPSA) is 101 Å². The normalized spacial score (nSPS) is 14.5. The van der Waals surface area contributed by atoms with E-state index in [0.29, 0.717) is 12.3 Å². The molecule has 3 rings (SSSR count). The first-order valence-electron chi connectivity index (χ1n) is 7.68. The average Bonchev–Trinajstić information content (AvgIpc) is 3.08. The molecule has 1 aromatic carbocycles. The number of carboxylic acids is 1. The number of sulfonamides is 1. The Kier molecular flexibility index (Phi) is 4.31. The summed E-state index contributed by atoms with van der Waals surface area (Å²) in [5, 5.41) is 12.9. The van der Waals surface area contributed by atoms with Crippen LogP contribution >= 0.6 is 0 Å². The van der Waals surface area contributed by atoms with Gasteiger partial charge in [-0.2, -0.15) is 5.10 Å². The second-order valence-electron chi connectivity index (χ2n) is 6.09. The van der Waals surface area contributed by atoms with Crippen LogP contribution in [0.4, 0.5) is 5.69 Å². The van der Waals surface area contributed by atoms with Crippen LogP contribution in [-0.4, -0.2) is 35.0 Å². The van der Waals surface area contributed by atoms with Crippen molar-refractivity contribution in [3.63, 3.8) is 0 Å². The molecule has 0 unspecified atom stereocenters. The minimum Gasteiger partial charge on any atom is -0.476 e. The number of aryl methyl sites for hydroxylation is 1. The Morgan fingerprint density at radius 1 is 1.33 bits per heavy atom. The number of benzene rings is 1. The van der Waals surface area contributed by atoms with Crippen LogP contribution in [0.25, 0.3) is 0 Å². The first-order valence-corrected chi connectivity index (χ1v) is 9.33. The molecule has 0 saturated carbocycles. The lowest BCUT2D eigenvalue weighted by Gasteiger charge is -2.11. The van der Waals surface area contributed by atoms with Gasteiger partial charge in [0.15, 0.2) is 5.69 Å². The van der Waals surface area contributed by atoms with Crippen molar-refractivity contribution in [2.24, 2.45) is 13.0 Å². The van der Waals surface area contributed by atoms with Crippen molar-refractivity contribution in [1.29, 1.82) is 0 Å². The van der Waals surface area contributed by atoms with E-state index in [1.165, 1.54) is 24.4 Å². The van der Waals surface area contributed by atoms with E-state index in [-0.39, 0.29) is 17.1 Å². The van der Waals surface area contributed by atoms with Gasteiger partial charge in [-0.25, -0.2) is 13.2 Å². The van der Waals surface area contributed by atoms with Gasteiger partial charge >= 0.3 is 5.97 Å². The van der Waals surface area contributed by atoms with Crippen LogP contribution in [0.1, 0.15) is 28.0 Å².